The Morgan fingerprint density at radius 3 is 2.37 bits per heavy atom. The first-order valence-corrected chi connectivity index (χ1v) is 5.85. The van der Waals surface area contributed by atoms with E-state index in [1.165, 1.54) is 12.1 Å². The highest BCUT2D eigenvalue weighted by Gasteiger charge is 2.05. The van der Waals surface area contributed by atoms with E-state index in [1.54, 1.807) is 12.1 Å². The molecule has 0 atom stereocenters. The van der Waals surface area contributed by atoms with Crippen molar-refractivity contribution >= 4 is 10.9 Å². The van der Waals surface area contributed by atoms with Crippen LogP contribution in [0.4, 0.5) is 8.78 Å². The van der Waals surface area contributed by atoms with E-state index < -0.39 is 6.61 Å². The molecule has 0 unspecified atom stereocenters. The fourth-order valence-corrected chi connectivity index (χ4v) is 2.10. The van der Waals surface area contributed by atoms with Gasteiger partial charge in [-0.3, -0.25) is 0 Å². The molecule has 2 aromatic carbocycles. The summed E-state index contributed by atoms with van der Waals surface area (Å²) in [6.45, 7) is -2.79. The number of hydrogen-bond acceptors (Lipinski definition) is 1. The molecule has 96 valence electrons. The van der Waals surface area contributed by atoms with Crippen molar-refractivity contribution in [3.8, 4) is 11.4 Å². The van der Waals surface area contributed by atoms with Gasteiger partial charge in [0.1, 0.15) is 5.75 Å². The molecule has 0 aliphatic carbocycles. The van der Waals surface area contributed by atoms with Gasteiger partial charge in [0.2, 0.25) is 0 Å². The Hall–Kier alpha value is -2.36. The normalized spacial score (nSPS) is 11.1. The SMILES string of the molecule is FC(F)Oc1ccc(-n2ccc3ccccc32)cc1. The number of rotatable bonds is 3. The van der Waals surface area contributed by atoms with Crippen LogP contribution in [0.2, 0.25) is 0 Å². The summed E-state index contributed by atoms with van der Waals surface area (Å²) < 4.78 is 30.5. The number of alkyl halides is 2. The lowest BCUT2D eigenvalue weighted by Crippen LogP contribution is -2.01. The van der Waals surface area contributed by atoms with Crippen LogP contribution in [-0.4, -0.2) is 11.2 Å². The molecule has 3 rings (SSSR count). The van der Waals surface area contributed by atoms with Gasteiger partial charge in [-0.15, -0.1) is 0 Å². The topological polar surface area (TPSA) is 14.2 Å². The number of halogens is 2. The van der Waals surface area contributed by atoms with Crippen LogP contribution >= 0.6 is 0 Å². The van der Waals surface area contributed by atoms with Crippen molar-refractivity contribution in [3.63, 3.8) is 0 Å². The second-order valence-corrected chi connectivity index (χ2v) is 4.12. The Balaban J connectivity index is 1.98. The Kier molecular flexibility index (Phi) is 2.91. The van der Waals surface area contributed by atoms with Gasteiger partial charge >= 0.3 is 6.61 Å². The average Bonchev–Trinajstić information content (AvgIpc) is 2.83. The van der Waals surface area contributed by atoms with Crippen LogP contribution in [0.5, 0.6) is 5.75 Å². The molecule has 1 aromatic heterocycles. The van der Waals surface area contributed by atoms with Crippen LogP contribution in [0.3, 0.4) is 0 Å². The van der Waals surface area contributed by atoms with Gasteiger partial charge in [0.05, 0.1) is 5.52 Å². The highest BCUT2D eigenvalue weighted by atomic mass is 19.3. The Morgan fingerprint density at radius 2 is 1.63 bits per heavy atom. The van der Waals surface area contributed by atoms with Crippen LogP contribution in [0.1, 0.15) is 0 Å². The summed E-state index contributed by atoms with van der Waals surface area (Å²) in [6.07, 6.45) is 1.95. The van der Waals surface area contributed by atoms with Gasteiger partial charge in [-0.05, 0) is 41.8 Å². The summed E-state index contributed by atoms with van der Waals surface area (Å²) in [5.41, 5.74) is 1.98. The smallest absolute Gasteiger partial charge is 0.387 e. The molecule has 3 aromatic rings. The third kappa shape index (κ3) is 2.29. The monoisotopic (exact) mass is 259 g/mol. The zero-order chi connectivity index (χ0) is 13.2. The summed E-state index contributed by atoms with van der Waals surface area (Å²) >= 11 is 0. The van der Waals surface area contributed by atoms with Gasteiger partial charge in [-0.1, -0.05) is 18.2 Å². The number of fused-ring (bicyclic) bond motifs is 1. The molecule has 1 heterocycles. The lowest BCUT2D eigenvalue weighted by atomic mass is 10.2. The van der Waals surface area contributed by atoms with Crippen LogP contribution in [-0.2, 0) is 0 Å². The molecule has 2 nitrogen and oxygen atoms in total. The molecular formula is C15H11F2NO. The number of para-hydroxylation sites is 1. The maximum Gasteiger partial charge on any atom is 0.387 e. The van der Waals surface area contributed by atoms with E-state index in [2.05, 4.69) is 4.74 Å². The summed E-state index contributed by atoms with van der Waals surface area (Å²) in [5.74, 6) is 0.162. The predicted octanol–water partition coefficient (Wildman–Crippen LogP) is 4.23. The van der Waals surface area contributed by atoms with Crippen molar-refractivity contribution in [2.45, 2.75) is 6.61 Å². The third-order valence-corrected chi connectivity index (χ3v) is 2.94. The summed E-state index contributed by atoms with van der Waals surface area (Å²) in [4.78, 5) is 0. The van der Waals surface area contributed by atoms with Crippen molar-refractivity contribution in [1.29, 1.82) is 0 Å². The van der Waals surface area contributed by atoms with Crippen molar-refractivity contribution in [2.24, 2.45) is 0 Å². The first-order chi connectivity index (χ1) is 9.24. The molecular weight excluding hydrogens is 248 g/mol. The fraction of sp³-hybridized carbons (Fsp3) is 0.0667. The first kappa shape index (κ1) is 11.7. The minimum atomic E-state index is -2.79. The summed E-state index contributed by atoms with van der Waals surface area (Å²) in [5, 5.41) is 1.13. The van der Waals surface area contributed by atoms with Gasteiger partial charge in [0, 0.05) is 11.9 Å². The van der Waals surface area contributed by atoms with Crippen molar-refractivity contribution in [2.75, 3.05) is 0 Å². The molecule has 0 aliphatic heterocycles. The number of benzene rings is 2. The van der Waals surface area contributed by atoms with Gasteiger partial charge in [-0.2, -0.15) is 8.78 Å². The van der Waals surface area contributed by atoms with Crippen LogP contribution < -0.4 is 4.74 Å². The molecule has 0 bridgehead atoms. The summed E-state index contributed by atoms with van der Waals surface area (Å²) in [6, 6.07) is 16.6. The zero-order valence-electron chi connectivity index (χ0n) is 9.96. The Bertz CT molecular complexity index is 689. The average molecular weight is 259 g/mol. The lowest BCUT2D eigenvalue weighted by molar-refractivity contribution is -0.0498. The second-order valence-electron chi connectivity index (χ2n) is 4.12. The van der Waals surface area contributed by atoms with E-state index in [0.717, 1.165) is 16.6 Å². The van der Waals surface area contributed by atoms with Crippen molar-refractivity contribution in [3.05, 3.63) is 60.8 Å². The molecule has 0 aliphatic rings. The van der Waals surface area contributed by atoms with E-state index in [9.17, 15) is 8.78 Å². The molecule has 0 radical (unpaired) electrons. The Morgan fingerprint density at radius 1 is 0.895 bits per heavy atom. The highest BCUT2D eigenvalue weighted by Crippen LogP contribution is 2.22. The maximum absolute atomic E-state index is 12.1. The van der Waals surface area contributed by atoms with Crippen molar-refractivity contribution in [1.82, 2.24) is 4.57 Å². The number of aromatic nitrogens is 1. The number of ether oxygens (including phenoxy) is 1. The van der Waals surface area contributed by atoms with Gasteiger partial charge in [0.15, 0.2) is 0 Å². The molecule has 0 saturated carbocycles. The van der Waals surface area contributed by atoms with Crippen LogP contribution in [0.15, 0.2) is 60.8 Å². The second kappa shape index (κ2) is 4.72. The maximum atomic E-state index is 12.1. The molecule has 0 amide bonds. The first-order valence-electron chi connectivity index (χ1n) is 5.85. The standard InChI is InChI=1S/C15H11F2NO/c16-15(17)19-13-7-5-12(6-8-13)18-10-9-11-3-1-2-4-14(11)18/h1-10,15H. The Labute approximate surface area is 108 Å². The molecule has 0 saturated heterocycles. The summed E-state index contributed by atoms with van der Waals surface area (Å²) in [7, 11) is 0. The van der Waals surface area contributed by atoms with E-state index in [4.69, 9.17) is 0 Å². The number of hydrogen-bond donors (Lipinski definition) is 0. The molecule has 19 heavy (non-hydrogen) atoms. The van der Waals surface area contributed by atoms with Gasteiger partial charge < -0.3 is 9.30 Å². The predicted molar refractivity (Wildman–Crippen MR) is 69.9 cm³/mol. The highest BCUT2D eigenvalue weighted by molar-refractivity contribution is 5.81. The quantitative estimate of drug-likeness (QED) is 0.686. The molecule has 0 N–H and O–H groups in total. The number of nitrogens with zero attached hydrogens (tertiary/aromatic N) is 1. The minimum absolute atomic E-state index is 0.162. The van der Waals surface area contributed by atoms with E-state index >= 15 is 0 Å². The van der Waals surface area contributed by atoms with Crippen LogP contribution in [0, 0.1) is 0 Å². The third-order valence-electron chi connectivity index (χ3n) is 2.94. The van der Waals surface area contributed by atoms with Crippen molar-refractivity contribution < 1.29 is 13.5 Å². The van der Waals surface area contributed by atoms with E-state index in [0.29, 0.717) is 0 Å². The zero-order valence-corrected chi connectivity index (χ0v) is 9.96. The molecule has 0 spiro atoms. The van der Waals surface area contributed by atoms with Gasteiger partial charge in [-0.25, -0.2) is 0 Å². The van der Waals surface area contributed by atoms with Crippen LogP contribution in [0.25, 0.3) is 16.6 Å². The fourth-order valence-electron chi connectivity index (χ4n) is 2.10. The minimum Gasteiger partial charge on any atom is -0.435 e. The molecule has 4 heteroatoms. The lowest BCUT2D eigenvalue weighted by Gasteiger charge is -2.08. The van der Waals surface area contributed by atoms with E-state index in [-0.39, 0.29) is 5.75 Å². The molecule has 0 fully saturated rings. The van der Waals surface area contributed by atoms with Gasteiger partial charge in [0.25, 0.3) is 0 Å². The largest absolute Gasteiger partial charge is 0.435 e. The van der Waals surface area contributed by atoms with E-state index in [1.807, 2.05) is 41.1 Å².